The molecule has 35 heavy (non-hydrogen) atoms. The number of anilines is 1. The molecule has 2 aromatic heterocycles. The summed E-state index contributed by atoms with van der Waals surface area (Å²) in [4.78, 5) is 41.2. The Morgan fingerprint density at radius 1 is 1.11 bits per heavy atom. The second kappa shape index (κ2) is 10.1. The van der Waals surface area contributed by atoms with Crippen molar-refractivity contribution in [3.63, 3.8) is 0 Å². The van der Waals surface area contributed by atoms with E-state index in [9.17, 15) is 9.59 Å². The number of amides is 1. The van der Waals surface area contributed by atoms with Crippen molar-refractivity contribution in [1.82, 2.24) is 24.2 Å². The minimum Gasteiger partial charge on any atom is -0.369 e. The molecule has 10 heteroatoms. The fourth-order valence-corrected chi connectivity index (χ4v) is 3.83. The minimum absolute atomic E-state index is 0.0959. The summed E-state index contributed by atoms with van der Waals surface area (Å²) in [7, 11) is 5.50. The first-order valence-corrected chi connectivity index (χ1v) is 11.5. The van der Waals surface area contributed by atoms with Gasteiger partial charge in [-0.15, -0.1) is 0 Å². The van der Waals surface area contributed by atoms with E-state index in [1.807, 2.05) is 61.5 Å². The highest BCUT2D eigenvalue weighted by Crippen LogP contribution is 2.28. The summed E-state index contributed by atoms with van der Waals surface area (Å²) >= 11 is 3.36. The van der Waals surface area contributed by atoms with E-state index in [1.165, 1.54) is 4.68 Å². The number of carbonyl (C=O) groups excluding carboxylic acids is 1. The Morgan fingerprint density at radius 3 is 2.46 bits per heavy atom. The number of aromatic nitrogens is 4. The van der Waals surface area contributed by atoms with Crippen LogP contribution in [0.4, 0.5) is 11.5 Å². The number of halogens is 1. The van der Waals surface area contributed by atoms with Crippen LogP contribution in [0.1, 0.15) is 16.1 Å². The van der Waals surface area contributed by atoms with E-state index in [0.29, 0.717) is 33.2 Å². The molecule has 9 nitrogen and oxygen atoms in total. The molecule has 2 aromatic carbocycles. The molecule has 0 aliphatic carbocycles. The highest BCUT2D eigenvalue weighted by atomic mass is 79.9. The zero-order chi connectivity index (χ0) is 25.1. The summed E-state index contributed by atoms with van der Waals surface area (Å²) in [6.07, 6.45) is 3.24. The molecule has 0 spiro atoms. The molecule has 0 atom stereocenters. The van der Waals surface area contributed by atoms with Crippen molar-refractivity contribution >= 4 is 39.7 Å². The van der Waals surface area contributed by atoms with E-state index in [-0.39, 0.29) is 11.1 Å². The average molecular weight is 534 g/mol. The average Bonchev–Trinajstić information content (AvgIpc) is 3.07. The van der Waals surface area contributed by atoms with Crippen LogP contribution < -0.4 is 10.9 Å². The van der Waals surface area contributed by atoms with E-state index < -0.39 is 5.91 Å². The number of hydrogen-bond donors (Lipinski definition) is 1. The Bertz CT molecular complexity index is 1460. The molecule has 4 rings (SSSR count). The smallest absolute Gasteiger partial charge is 0.284 e. The lowest BCUT2D eigenvalue weighted by atomic mass is 10.1. The third-order valence-electron chi connectivity index (χ3n) is 5.33. The van der Waals surface area contributed by atoms with Crippen molar-refractivity contribution in [3.8, 4) is 16.9 Å². The molecular weight excluding hydrogens is 510 g/mol. The number of nitrogens with zero attached hydrogens (tertiary/aromatic N) is 6. The third kappa shape index (κ3) is 5.07. The van der Waals surface area contributed by atoms with Crippen molar-refractivity contribution < 1.29 is 4.79 Å². The van der Waals surface area contributed by atoms with Crippen LogP contribution in [0.3, 0.4) is 0 Å². The number of benzene rings is 2. The van der Waals surface area contributed by atoms with Gasteiger partial charge in [0, 0.05) is 32.4 Å². The Morgan fingerprint density at radius 2 is 1.80 bits per heavy atom. The largest absolute Gasteiger partial charge is 0.369 e. The predicted octanol–water partition coefficient (Wildman–Crippen LogP) is 4.18. The Balaban J connectivity index is 1.61. The first-order chi connectivity index (χ1) is 16.8. The molecule has 0 radical (unpaired) electrons. The molecule has 2 heterocycles. The van der Waals surface area contributed by atoms with Crippen molar-refractivity contribution in [1.29, 1.82) is 0 Å². The Hall–Kier alpha value is -4.05. The van der Waals surface area contributed by atoms with Crippen LogP contribution in [0.15, 0.2) is 75.2 Å². The molecule has 0 saturated carbocycles. The lowest BCUT2D eigenvalue weighted by Gasteiger charge is -2.08. The molecule has 1 amide bonds. The molecule has 178 valence electrons. The maximum absolute atomic E-state index is 13.1. The quantitative estimate of drug-likeness (QED) is 0.296. The SMILES string of the molecule is Cc1c(C(=O)Nc2ccc(-c3nc(Br)cnc3N=CN(C)C)cc2)c(=O)n(-c2ccccc2)n1C. The van der Waals surface area contributed by atoms with Gasteiger partial charge >= 0.3 is 0 Å². The molecule has 0 aliphatic rings. The van der Waals surface area contributed by atoms with Crippen LogP contribution in [0.25, 0.3) is 16.9 Å². The monoisotopic (exact) mass is 533 g/mol. The first kappa shape index (κ1) is 24.1. The molecule has 0 bridgehead atoms. The van der Waals surface area contributed by atoms with Crippen molar-refractivity contribution in [2.24, 2.45) is 12.0 Å². The predicted molar refractivity (Wildman–Crippen MR) is 141 cm³/mol. The molecule has 4 aromatic rings. The second-order valence-electron chi connectivity index (χ2n) is 8.04. The van der Waals surface area contributed by atoms with Crippen molar-refractivity contribution in [3.05, 3.63) is 87.0 Å². The summed E-state index contributed by atoms with van der Waals surface area (Å²) in [6, 6.07) is 16.4. The fraction of sp³-hybridized carbons (Fsp3) is 0.160. The molecule has 0 unspecified atom stereocenters. The fourth-order valence-electron chi connectivity index (χ4n) is 3.55. The van der Waals surface area contributed by atoms with E-state index in [2.05, 4.69) is 36.2 Å². The molecule has 0 aliphatic heterocycles. The number of aliphatic imine (C=N–C) groups is 1. The third-order valence-corrected chi connectivity index (χ3v) is 5.71. The number of hydrogen-bond acceptors (Lipinski definition) is 5. The Kier molecular flexibility index (Phi) is 6.92. The van der Waals surface area contributed by atoms with Gasteiger partial charge in [-0.2, -0.15) is 0 Å². The van der Waals surface area contributed by atoms with Gasteiger partial charge in [-0.1, -0.05) is 30.3 Å². The summed E-state index contributed by atoms with van der Waals surface area (Å²) in [5.41, 5.74) is 2.91. The lowest BCUT2D eigenvalue weighted by molar-refractivity contribution is 0.102. The molecule has 0 fully saturated rings. The van der Waals surface area contributed by atoms with E-state index in [1.54, 1.807) is 43.3 Å². The zero-order valence-electron chi connectivity index (χ0n) is 19.7. The van der Waals surface area contributed by atoms with Gasteiger partial charge in [-0.25, -0.2) is 19.6 Å². The van der Waals surface area contributed by atoms with E-state index in [0.717, 1.165) is 5.56 Å². The van der Waals surface area contributed by atoms with Crippen molar-refractivity contribution in [2.75, 3.05) is 19.4 Å². The highest BCUT2D eigenvalue weighted by Gasteiger charge is 2.22. The van der Waals surface area contributed by atoms with Crippen LogP contribution in [0.2, 0.25) is 0 Å². The normalized spacial score (nSPS) is 11.1. The molecule has 1 N–H and O–H groups in total. The summed E-state index contributed by atoms with van der Waals surface area (Å²) in [5, 5.41) is 2.83. The molecular formula is C25H24BrN7O2. The highest BCUT2D eigenvalue weighted by molar-refractivity contribution is 9.10. The van der Waals surface area contributed by atoms with E-state index >= 15 is 0 Å². The number of rotatable bonds is 6. The van der Waals surface area contributed by atoms with Gasteiger partial charge in [-0.3, -0.25) is 14.3 Å². The topological polar surface area (TPSA) is 97.4 Å². The number of nitrogens with one attached hydrogen (secondary N) is 1. The maximum Gasteiger partial charge on any atom is 0.284 e. The first-order valence-electron chi connectivity index (χ1n) is 10.7. The van der Waals surface area contributed by atoms with Gasteiger partial charge in [0.25, 0.3) is 11.5 Å². The number of carbonyl (C=O) groups is 1. The van der Waals surface area contributed by atoms with Crippen LogP contribution in [0.5, 0.6) is 0 Å². The van der Waals surface area contributed by atoms with Crippen LogP contribution in [-0.4, -0.2) is 50.6 Å². The van der Waals surface area contributed by atoms with Crippen LogP contribution in [-0.2, 0) is 7.05 Å². The van der Waals surface area contributed by atoms with Crippen LogP contribution >= 0.6 is 15.9 Å². The van der Waals surface area contributed by atoms with Gasteiger partial charge < -0.3 is 10.2 Å². The van der Waals surface area contributed by atoms with Gasteiger partial charge in [0.1, 0.15) is 15.9 Å². The second-order valence-corrected chi connectivity index (χ2v) is 8.85. The summed E-state index contributed by atoms with van der Waals surface area (Å²) < 4.78 is 3.75. The lowest BCUT2D eigenvalue weighted by Crippen LogP contribution is -2.25. The zero-order valence-corrected chi connectivity index (χ0v) is 21.3. The molecule has 0 saturated heterocycles. The number of para-hydroxylation sites is 1. The summed E-state index contributed by atoms with van der Waals surface area (Å²) in [5.74, 6) is 0.00380. The van der Waals surface area contributed by atoms with Gasteiger partial charge in [0.05, 0.1) is 23.9 Å². The van der Waals surface area contributed by atoms with E-state index in [4.69, 9.17) is 0 Å². The maximum atomic E-state index is 13.1. The Labute approximate surface area is 210 Å². The van der Waals surface area contributed by atoms with Gasteiger partial charge in [-0.05, 0) is 47.1 Å². The van der Waals surface area contributed by atoms with Gasteiger partial charge in [0.15, 0.2) is 5.82 Å². The minimum atomic E-state index is -0.468. The standard InChI is InChI=1S/C25H24BrN7O2/c1-16-21(25(35)33(32(16)4)19-8-6-5-7-9-19)24(34)29-18-12-10-17(11-13-18)22-23(28-15-31(2)3)27-14-20(26)30-22/h5-15H,1-4H3,(H,29,34). The van der Waals surface area contributed by atoms with Crippen LogP contribution in [0, 0.1) is 6.92 Å². The van der Waals surface area contributed by atoms with Gasteiger partial charge in [0.2, 0.25) is 0 Å². The van der Waals surface area contributed by atoms with Crippen molar-refractivity contribution in [2.45, 2.75) is 6.92 Å². The summed E-state index contributed by atoms with van der Waals surface area (Å²) in [6.45, 7) is 1.75.